The van der Waals surface area contributed by atoms with Gasteiger partial charge in [0.2, 0.25) is 0 Å². The molecule has 0 radical (unpaired) electrons. The molecule has 0 N–H and O–H groups in total. The molecule has 3 nitrogen and oxygen atoms in total. The molecule has 0 aliphatic rings. The smallest absolute Gasteiger partial charge is 0.0777 e. The molecule has 0 amide bonds. The molecule has 0 spiro atoms. The highest BCUT2D eigenvalue weighted by Gasteiger charge is 2.01. The van der Waals surface area contributed by atoms with E-state index in [1.807, 2.05) is 0 Å². The van der Waals surface area contributed by atoms with Crippen molar-refractivity contribution in [3.63, 3.8) is 0 Å². The molecule has 0 fully saturated rings. The van der Waals surface area contributed by atoms with Crippen LogP contribution in [0.25, 0.3) is 0 Å². The summed E-state index contributed by atoms with van der Waals surface area (Å²) in [6, 6.07) is 0. The van der Waals surface area contributed by atoms with Gasteiger partial charge in [0.1, 0.15) is 0 Å². The zero-order chi connectivity index (χ0) is 13.7. The van der Waals surface area contributed by atoms with Gasteiger partial charge in [-0.25, -0.2) is 0 Å². The maximum absolute atomic E-state index is 9.92. The molecule has 0 aliphatic heterocycles. The molecule has 0 unspecified atom stereocenters. The summed E-state index contributed by atoms with van der Waals surface area (Å²) >= 11 is 0. The van der Waals surface area contributed by atoms with Crippen molar-refractivity contribution >= 4 is 5.97 Å². The summed E-state index contributed by atoms with van der Waals surface area (Å²) in [4.78, 5) is 9.92. The molecule has 0 rings (SSSR count). The lowest BCUT2D eigenvalue weighted by molar-refractivity contribution is -0.870. The summed E-state index contributed by atoms with van der Waals surface area (Å²) in [6.45, 7) is 5.63. The lowest BCUT2D eigenvalue weighted by Crippen LogP contribution is -2.34. The van der Waals surface area contributed by atoms with Gasteiger partial charge < -0.3 is 14.4 Å². The van der Waals surface area contributed by atoms with Crippen LogP contribution in [-0.2, 0) is 4.79 Å². The molecule has 0 aliphatic carbocycles. The minimum atomic E-state index is -0.920. The van der Waals surface area contributed by atoms with E-state index in [2.05, 4.69) is 35.0 Å². The number of nitrogens with zero attached hydrogens (tertiary/aromatic N) is 1. The number of quaternary nitrogens is 1. The molecular weight excluding hydrogens is 214 g/mol. The molecule has 3 heteroatoms. The minimum Gasteiger partial charge on any atom is -0.550 e. The standard InChI is InChI=1S/C8H16O2.C6H16N/c1-2-3-4-5-6-7-8(9)10;1-5-6-7(2,3)4/h2-7H2,1H3,(H,9,10);5-6H2,1-4H3/q;+1/p-1. The Hall–Kier alpha value is -0.570. The van der Waals surface area contributed by atoms with Crippen LogP contribution in [0.5, 0.6) is 0 Å². The maximum Gasteiger partial charge on any atom is 0.0777 e. The number of hydrogen-bond donors (Lipinski definition) is 0. The third-order valence-electron chi connectivity index (χ3n) is 2.38. The van der Waals surface area contributed by atoms with Gasteiger partial charge in [-0.2, -0.15) is 0 Å². The van der Waals surface area contributed by atoms with E-state index in [0.717, 1.165) is 23.7 Å². The topological polar surface area (TPSA) is 40.1 Å². The summed E-state index contributed by atoms with van der Waals surface area (Å²) in [5, 5.41) is 9.92. The Labute approximate surface area is 107 Å². The number of hydrogen-bond acceptors (Lipinski definition) is 2. The number of carbonyl (C=O) groups excluding carboxylic acids is 1. The molecule has 0 aromatic rings. The van der Waals surface area contributed by atoms with Crippen molar-refractivity contribution in [3.05, 3.63) is 0 Å². The van der Waals surface area contributed by atoms with Crippen molar-refractivity contribution in [3.8, 4) is 0 Å². The number of carboxylic acids is 1. The first-order valence-corrected chi connectivity index (χ1v) is 6.83. The molecular formula is C14H31NO2. The van der Waals surface area contributed by atoms with E-state index in [-0.39, 0.29) is 6.42 Å². The zero-order valence-corrected chi connectivity index (χ0v) is 12.4. The Morgan fingerprint density at radius 3 is 1.76 bits per heavy atom. The number of rotatable bonds is 8. The molecule has 17 heavy (non-hydrogen) atoms. The van der Waals surface area contributed by atoms with Gasteiger partial charge in [0.05, 0.1) is 27.7 Å². The first-order valence-electron chi connectivity index (χ1n) is 6.83. The largest absolute Gasteiger partial charge is 0.550 e. The zero-order valence-electron chi connectivity index (χ0n) is 12.4. The Bertz CT molecular complexity index is 174. The minimum absolute atomic E-state index is 0.226. The first-order chi connectivity index (χ1) is 7.83. The van der Waals surface area contributed by atoms with Gasteiger partial charge in [0, 0.05) is 5.97 Å². The highest BCUT2D eigenvalue weighted by molar-refractivity contribution is 5.63. The molecule has 0 heterocycles. The third kappa shape index (κ3) is 25.6. The molecule has 0 aromatic carbocycles. The second-order valence-corrected chi connectivity index (χ2v) is 5.55. The summed E-state index contributed by atoms with van der Waals surface area (Å²) < 4.78 is 1.09. The second-order valence-electron chi connectivity index (χ2n) is 5.55. The van der Waals surface area contributed by atoms with Gasteiger partial charge in [-0.3, -0.25) is 0 Å². The van der Waals surface area contributed by atoms with Gasteiger partial charge >= 0.3 is 0 Å². The van der Waals surface area contributed by atoms with Crippen LogP contribution < -0.4 is 5.11 Å². The van der Waals surface area contributed by atoms with Crippen molar-refractivity contribution in [2.75, 3.05) is 27.7 Å². The van der Waals surface area contributed by atoms with Gasteiger partial charge in [0.25, 0.3) is 0 Å². The Balaban J connectivity index is 0. The predicted octanol–water partition coefficient (Wildman–Crippen LogP) is 2.20. The van der Waals surface area contributed by atoms with Gasteiger partial charge in [0.15, 0.2) is 0 Å². The van der Waals surface area contributed by atoms with Crippen LogP contribution >= 0.6 is 0 Å². The first kappa shape index (κ1) is 18.8. The Kier molecular flexibility index (Phi) is 13.2. The van der Waals surface area contributed by atoms with Crippen LogP contribution in [0.15, 0.2) is 0 Å². The highest BCUT2D eigenvalue weighted by atomic mass is 16.4. The van der Waals surface area contributed by atoms with Gasteiger partial charge in [-0.05, 0) is 19.3 Å². The average molecular weight is 245 g/mol. The van der Waals surface area contributed by atoms with E-state index in [9.17, 15) is 9.90 Å². The van der Waals surface area contributed by atoms with Crippen LogP contribution in [0.4, 0.5) is 0 Å². The molecule has 104 valence electrons. The maximum atomic E-state index is 9.92. The fourth-order valence-electron chi connectivity index (χ4n) is 1.54. The van der Waals surface area contributed by atoms with Crippen LogP contribution in [0.2, 0.25) is 0 Å². The van der Waals surface area contributed by atoms with Crippen molar-refractivity contribution in [1.29, 1.82) is 0 Å². The van der Waals surface area contributed by atoms with Crippen LogP contribution in [-0.4, -0.2) is 38.1 Å². The van der Waals surface area contributed by atoms with Crippen LogP contribution in [0.1, 0.15) is 58.8 Å². The van der Waals surface area contributed by atoms with Crippen LogP contribution in [0.3, 0.4) is 0 Å². The highest BCUT2D eigenvalue weighted by Crippen LogP contribution is 2.03. The van der Waals surface area contributed by atoms with E-state index < -0.39 is 5.97 Å². The van der Waals surface area contributed by atoms with Crippen LogP contribution in [0, 0.1) is 0 Å². The summed E-state index contributed by atoms with van der Waals surface area (Å²) in [6.07, 6.45) is 6.89. The van der Waals surface area contributed by atoms with Crippen molar-refractivity contribution in [2.24, 2.45) is 0 Å². The number of carbonyl (C=O) groups is 1. The summed E-state index contributed by atoms with van der Waals surface area (Å²) in [5.74, 6) is -0.920. The Morgan fingerprint density at radius 2 is 1.47 bits per heavy atom. The van der Waals surface area contributed by atoms with E-state index in [1.165, 1.54) is 25.8 Å². The lowest BCUT2D eigenvalue weighted by atomic mass is 10.1. The molecule has 0 aromatic heterocycles. The SMILES string of the molecule is CCCCCCCC(=O)[O-].CCC[N+](C)(C)C. The van der Waals surface area contributed by atoms with E-state index in [1.54, 1.807) is 0 Å². The van der Waals surface area contributed by atoms with Gasteiger partial charge in [-0.15, -0.1) is 0 Å². The van der Waals surface area contributed by atoms with E-state index in [4.69, 9.17) is 0 Å². The molecule has 0 saturated carbocycles. The molecule has 0 saturated heterocycles. The van der Waals surface area contributed by atoms with E-state index in [0.29, 0.717) is 0 Å². The quantitative estimate of drug-likeness (QED) is 0.486. The third-order valence-corrected chi connectivity index (χ3v) is 2.38. The Morgan fingerprint density at radius 1 is 0.941 bits per heavy atom. The number of carboxylic acid groups (broad SMARTS) is 1. The fourth-order valence-corrected chi connectivity index (χ4v) is 1.54. The molecule has 0 bridgehead atoms. The average Bonchev–Trinajstić information content (AvgIpc) is 2.16. The molecule has 0 atom stereocenters. The predicted molar refractivity (Wildman–Crippen MR) is 71.6 cm³/mol. The second kappa shape index (κ2) is 11.9. The van der Waals surface area contributed by atoms with Crippen molar-refractivity contribution < 1.29 is 14.4 Å². The summed E-state index contributed by atoms with van der Waals surface area (Å²) in [7, 11) is 6.64. The monoisotopic (exact) mass is 245 g/mol. The number of unbranched alkanes of at least 4 members (excludes halogenated alkanes) is 4. The number of aliphatic carboxylic acids is 1. The fraction of sp³-hybridized carbons (Fsp3) is 0.929. The van der Waals surface area contributed by atoms with Crippen molar-refractivity contribution in [1.82, 2.24) is 0 Å². The van der Waals surface area contributed by atoms with Crippen molar-refractivity contribution in [2.45, 2.75) is 58.8 Å². The normalized spacial score (nSPS) is 10.6. The lowest BCUT2D eigenvalue weighted by Gasteiger charge is -2.22. The van der Waals surface area contributed by atoms with Gasteiger partial charge in [-0.1, -0.05) is 39.5 Å². The summed E-state index contributed by atoms with van der Waals surface area (Å²) in [5.41, 5.74) is 0. The van der Waals surface area contributed by atoms with E-state index >= 15 is 0 Å².